The number of anilines is 1. The summed E-state index contributed by atoms with van der Waals surface area (Å²) in [6, 6.07) is 14.4. The van der Waals surface area contributed by atoms with Gasteiger partial charge in [-0.2, -0.15) is 0 Å². The number of aryl methyl sites for hydroxylation is 1. The number of benzene rings is 2. The van der Waals surface area contributed by atoms with Crippen molar-refractivity contribution in [2.45, 2.75) is 44.9 Å². The quantitative estimate of drug-likeness (QED) is 0.668. The van der Waals surface area contributed by atoms with Crippen molar-refractivity contribution in [1.29, 1.82) is 0 Å². The minimum atomic E-state index is -0.217. The number of fused-ring (bicyclic) bond motifs is 5. The van der Waals surface area contributed by atoms with Gasteiger partial charge in [-0.1, -0.05) is 25.1 Å². The summed E-state index contributed by atoms with van der Waals surface area (Å²) < 4.78 is 0. The molecule has 0 spiro atoms. The number of Topliss-reactive ketones (excluding diaryl/α,β-unsaturated/α-hetero) is 1. The first-order chi connectivity index (χ1) is 14.4. The van der Waals surface area contributed by atoms with Gasteiger partial charge in [0, 0.05) is 25.2 Å². The van der Waals surface area contributed by atoms with Gasteiger partial charge in [-0.3, -0.25) is 4.79 Å². The van der Waals surface area contributed by atoms with Crippen LogP contribution in [-0.4, -0.2) is 25.0 Å². The molecule has 0 heterocycles. The number of rotatable bonds is 2. The number of allylic oxidation sites excluding steroid dienone is 1. The Labute approximate surface area is 179 Å². The molecule has 0 saturated heterocycles. The van der Waals surface area contributed by atoms with E-state index in [-0.39, 0.29) is 5.41 Å². The molecule has 3 aliphatic carbocycles. The van der Waals surface area contributed by atoms with E-state index in [1.807, 2.05) is 26.2 Å². The number of aromatic hydroxyl groups is 1. The SMILES string of the molecule is CN(C)c1ccc(C=C2C[C@H]3[C@@H]4CCc5cc(O)ccc5[C@H]4CC[C@]3(C)C2=O)cc1. The van der Waals surface area contributed by atoms with E-state index in [2.05, 4.69) is 48.2 Å². The third-order valence-corrected chi connectivity index (χ3v) is 8.10. The summed E-state index contributed by atoms with van der Waals surface area (Å²) in [7, 11) is 4.08. The maximum atomic E-state index is 13.5. The Kier molecular flexibility index (Phi) is 4.53. The highest BCUT2D eigenvalue weighted by Gasteiger charge is 2.56. The molecule has 0 bridgehead atoms. The molecule has 0 amide bonds. The Morgan fingerprint density at radius 2 is 1.87 bits per heavy atom. The molecule has 0 radical (unpaired) electrons. The second-order valence-corrected chi connectivity index (χ2v) is 9.94. The largest absolute Gasteiger partial charge is 0.508 e. The smallest absolute Gasteiger partial charge is 0.165 e. The molecule has 0 aliphatic heterocycles. The summed E-state index contributed by atoms with van der Waals surface area (Å²) >= 11 is 0. The summed E-state index contributed by atoms with van der Waals surface area (Å²) in [5.41, 5.74) is 5.80. The molecule has 3 nitrogen and oxygen atoms in total. The third-order valence-electron chi connectivity index (χ3n) is 8.10. The van der Waals surface area contributed by atoms with Crippen molar-refractivity contribution in [2.24, 2.45) is 17.3 Å². The highest BCUT2D eigenvalue weighted by Crippen LogP contribution is 2.60. The Balaban J connectivity index is 1.44. The van der Waals surface area contributed by atoms with Crippen LogP contribution in [0.4, 0.5) is 5.69 Å². The van der Waals surface area contributed by atoms with Gasteiger partial charge in [0.15, 0.2) is 5.78 Å². The molecule has 0 aromatic heterocycles. The predicted octanol–water partition coefficient (Wildman–Crippen LogP) is 5.58. The number of phenolic OH excluding ortho intramolecular Hbond substituents is 1. The number of carbonyl (C=O) groups is 1. The van der Waals surface area contributed by atoms with Crippen LogP contribution in [0.5, 0.6) is 5.75 Å². The lowest BCUT2D eigenvalue weighted by atomic mass is 9.55. The second kappa shape index (κ2) is 7.01. The van der Waals surface area contributed by atoms with Gasteiger partial charge in [-0.25, -0.2) is 0 Å². The molecule has 2 aromatic carbocycles. The Bertz CT molecular complexity index is 1020. The van der Waals surface area contributed by atoms with Crippen LogP contribution in [0.15, 0.2) is 48.0 Å². The molecule has 4 atom stereocenters. The fraction of sp³-hybridized carbons (Fsp3) is 0.444. The molecule has 30 heavy (non-hydrogen) atoms. The van der Waals surface area contributed by atoms with Crippen LogP contribution in [0.2, 0.25) is 0 Å². The zero-order valence-corrected chi connectivity index (χ0v) is 18.2. The Hall–Kier alpha value is -2.55. The van der Waals surface area contributed by atoms with E-state index in [0.717, 1.165) is 43.2 Å². The monoisotopic (exact) mass is 401 g/mol. The van der Waals surface area contributed by atoms with E-state index in [1.54, 1.807) is 0 Å². The van der Waals surface area contributed by atoms with Crippen LogP contribution in [0.1, 0.15) is 55.2 Å². The number of ketones is 1. The molecule has 1 N–H and O–H groups in total. The van der Waals surface area contributed by atoms with Crippen molar-refractivity contribution in [3.8, 4) is 5.75 Å². The average molecular weight is 402 g/mol. The fourth-order valence-corrected chi connectivity index (χ4v) is 6.44. The van der Waals surface area contributed by atoms with E-state index < -0.39 is 0 Å². The lowest BCUT2D eigenvalue weighted by molar-refractivity contribution is -0.127. The maximum Gasteiger partial charge on any atom is 0.165 e. The van der Waals surface area contributed by atoms with Crippen molar-refractivity contribution in [2.75, 3.05) is 19.0 Å². The van der Waals surface area contributed by atoms with E-state index in [1.165, 1.54) is 16.8 Å². The van der Waals surface area contributed by atoms with Gasteiger partial charge in [0.05, 0.1) is 0 Å². The minimum Gasteiger partial charge on any atom is -0.508 e. The van der Waals surface area contributed by atoms with Crippen molar-refractivity contribution >= 4 is 17.5 Å². The average Bonchev–Trinajstić information content (AvgIpc) is 2.98. The van der Waals surface area contributed by atoms with Crippen LogP contribution in [0.3, 0.4) is 0 Å². The standard InChI is InChI=1S/C27H31NO2/c1-27-13-12-23-22-11-9-21(29)15-18(22)6-10-24(23)25(27)16-19(26(27)30)14-17-4-7-20(8-5-17)28(2)3/h4-5,7-9,11,14-15,23-25,29H,6,10,12-13,16H2,1-3H3/t23-,24-,25+,27+/m1/s1. The summed E-state index contributed by atoms with van der Waals surface area (Å²) in [5, 5.41) is 9.88. The number of phenols is 1. The van der Waals surface area contributed by atoms with Crippen LogP contribution >= 0.6 is 0 Å². The van der Waals surface area contributed by atoms with Gasteiger partial charge in [-0.15, -0.1) is 0 Å². The van der Waals surface area contributed by atoms with Crippen LogP contribution in [-0.2, 0) is 11.2 Å². The molecule has 156 valence electrons. The summed E-state index contributed by atoms with van der Waals surface area (Å²) in [4.78, 5) is 15.6. The molecule has 2 aromatic rings. The first-order valence-electron chi connectivity index (χ1n) is 11.2. The summed E-state index contributed by atoms with van der Waals surface area (Å²) in [6.07, 6.45) is 7.21. The van der Waals surface area contributed by atoms with E-state index in [4.69, 9.17) is 0 Å². The molecule has 2 fully saturated rings. The second-order valence-electron chi connectivity index (χ2n) is 9.94. The molecular formula is C27H31NO2. The first kappa shape index (κ1) is 19.4. The molecule has 2 saturated carbocycles. The number of carbonyl (C=O) groups excluding carboxylic acids is 1. The van der Waals surface area contributed by atoms with Crippen molar-refractivity contribution < 1.29 is 9.90 Å². The van der Waals surface area contributed by atoms with Crippen LogP contribution in [0, 0.1) is 17.3 Å². The lowest BCUT2D eigenvalue weighted by Crippen LogP contribution is -2.42. The highest BCUT2D eigenvalue weighted by molar-refractivity contribution is 6.06. The van der Waals surface area contributed by atoms with Gasteiger partial charge >= 0.3 is 0 Å². The van der Waals surface area contributed by atoms with Gasteiger partial charge in [0.1, 0.15) is 5.75 Å². The normalized spacial score (nSPS) is 31.2. The number of nitrogens with zero attached hydrogens (tertiary/aromatic N) is 1. The van der Waals surface area contributed by atoms with E-state index >= 15 is 0 Å². The van der Waals surface area contributed by atoms with Gasteiger partial charge in [-0.05, 0) is 102 Å². The molecular weight excluding hydrogens is 370 g/mol. The van der Waals surface area contributed by atoms with Gasteiger partial charge in [0.25, 0.3) is 0 Å². The van der Waals surface area contributed by atoms with Crippen LogP contribution in [0.25, 0.3) is 6.08 Å². The fourth-order valence-electron chi connectivity index (χ4n) is 6.44. The third kappa shape index (κ3) is 2.98. The molecule has 5 rings (SSSR count). The lowest BCUT2D eigenvalue weighted by Gasteiger charge is -2.48. The van der Waals surface area contributed by atoms with E-state index in [0.29, 0.717) is 29.3 Å². The van der Waals surface area contributed by atoms with Crippen molar-refractivity contribution in [3.05, 3.63) is 64.7 Å². The Morgan fingerprint density at radius 3 is 2.60 bits per heavy atom. The zero-order chi connectivity index (χ0) is 21.0. The summed E-state index contributed by atoms with van der Waals surface area (Å²) in [6.45, 7) is 2.22. The summed E-state index contributed by atoms with van der Waals surface area (Å²) in [5.74, 6) is 2.26. The highest BCUT2D eigenvalue weighted by atomic mass is 16.3. The van der Waals surface area contributed by atoms with Crippen molar-refractivity contribution in [1.82, 2.24) is 0 Å². The van der Waals surface area contributed by atoms with Crippen molar-refractivity contribution in [3.63, 3.8) is 0 Å². The van der Waals surface area contributed by atoms with Gasteiger partial charge < -0.3 is 10.0 Å². The molecule has 0 unspecified atom stereocenters. The van der Waals surface area contributed by atoms with E-state index in [9.17, 15) is 9.90 Å². The Morgan fingerprint density at radius 1 is 1.10 bits per heavy atom. The number of hydrogen-bond acceptors (Lipinski definition) is 3. The predicted molar refractivity (Wildman–Crippen MR) is 122 cm³/mol. The molecule has 3 aliphatic rings. The van der Waals surface area contributed by atoms with Crippen LogP contribution < -0.4 is 4.90 Å². The number of hydrogen-bond donors (Lipinski definition) is 1. The minimum absolute atomic E-state index is 0.217. The van der Waals surface area contributed by atoms with Gasteiger partial charge in [0.2, 0.25) is 0 Å². The topological polar surface area (TPSA) is 40.5 Å². The maximum absolute atomic E-state index is 13.5. The zero-order valence-electron chi connectivity index (χ0n) is 18.2. The molecule has 3 heteroatoms. The first-order valence-corrected chi connectivity index (χ1v) is 11.2.